The van der Waals surface area contributed by atoms with Gasteiger partial charge in [0.2, 0.25) is 5.95 Å². The molecule has 10 nitrogen and oxygen atoms in total. The van der Waals surface area contributed by atoms with Gasteiger partial charge >= 0.3 is 5.97 Å². The largest absolute Gasteiger partial charge is 0.460 e. The highest BCUT2D eigenvalue weighted by molar-refractivity contribution is 6.33. The number of aromatic nitrogens is 3. The normalized spacial score (nSPS) is 23.7. The maximum atomic E-state index is 13.1. The molecule has 2 fully saturated rings. The number of hydrogen-bond donors (Lipinski definition) is 2. The molecule has 0 amide bonds. The van der Waals surface area contributed by atoms with Crippen LogP contribution in [0.4, 0.5) is 23.1 Å². The lowest BCUT2D eigenvalue weighted by molar-refractivity contribution is -0.00571. The summed E-state index contributed by atoms with van der Waals surface area (Å²) in [5.41, 5.74) is 1.59. The Bertz CT molecular complexity index is 1450. The van der Waals surface area contributed by atoms with Gasteiger partial charge in [0, 0.05) is 31.2 Å². The Morgan fingerprint density at radius 2 is 1.92 bits per heavy atom. The molecule has 11 heteroatoms. The molecular weight excluding hydrogens is 496 g/mol. The number of pyridine rings is 1. The first-order valence-corrected chi connectivity index (χ1v) is 13.0. The second kappa shape index (κ2) is 9.18. The van der Waals surface area contributed by atoms with Gasteiger partial charge in [-0.15, -0.1) is 0 Å². The minimum atomic E-state index is -0.594. The minimum Gasteiger partial charge on any atom is -0.460 e. The Morgan fingerprint density at radius 3 is 2.65 bits per heavy atom. The summed E-state index contributed by atoms with van der Waals surface area (Å²) in [4.78, 5) is 37.1. The van der Waals surface area contributed by atoms with E-state index < -0.39 is 5.97 Å². The highest BCUT2D eigenvalue weighted by Crippen LogP contribution is 2.38. The number of hydrogen-bond acceptors (Lipinski definition) is 9. The van der Waals surface area contributed by atoms with Crippen LogP contribution < -0.4 is 21.1 Å². The molecule has 0 spiro atoms. The third kappa shape index (κ3) is 4.48. The van der Waals surface area contributed by atoms with Gasteiger partial charge in [-0.05, 0) is 50.8 Å². The Balaban J connectivity index is 1.39. The Labute approximate surface area is 218 Å². The molecule has 1 saturated heterocycles. The van der Waals surface area contributed by atoms with E-state index in [1.165, 1.54) is 4.57 Å². The number of anilines is 4. The summed E-state index contributed by atoms with van der Waals surface area (Å²) in [5.74, 6) is 0.881. The Morgan fingerprint density at radius 1 is 1.16 bits per heavy atom. The van der Waals surface area contributed by atoms with E-state index in [0.717, 1.165) is 18.2 Å². The number of nitrogens with zero attached hydrogens (tertiary/aromatic N) is 4. The van der Waals surface area contributed by atoms with Gasteiger partial charge < -0.3 is 29.6 Å². The molecular formula is C26H29ClN6O4. The van der Waals surface area contributed by atoms with Gasteiger partial charge in [-0.1, -0.05) is 11.6 Å². The lowest BCUT2D eigenvalue weighted by Gasteiger charge is -2.35. The Hall–Kier alpha value is -3.37. The summed E-state index contributed by atoms with van der Waals surface area (Å²) in [6.07, 6.45) is 3.89. The van der Waals surface area contributed by atoms with Crippen molar-refractivity contribution in [2.24, 2.45) is 13.0 Å². The number of carbonyl (C=O) groups excluding carboxylic acids is 1. The summed E-state index contributed by atoms with van der Waals surface area (Å²) in [7, 11) is 1.66. The van der Waals surface area contributed by atoms with Crippen molar-refractivity contribution in [3.8, 4) is 0 Å². The van der Waals surface area contributed by atoms with E-state index in [1.807, 2.05) is 32.0 Å². The number of carbonyl (C=O) groups is 1. The smallest absolute Gasteiger partial charge is 0.346 e. The van der Waals surface area contributed by atoms with Crippen molar-refractivity contribution in [2.75, 3.05) is 35.2 Å². The number of halogens is 1. The van der Waals surface area contributed by atoms with Crippen LogP contribution in [0.5, 0.6) is 0 Å². The third-order valence-electron chi connectivity index (χ3n) is 7.21. The van der Waals surface area contributed by atoms with Gasteiger partial charge in [-0.25, -0.2) is 9.78 Å². The Kier molecular flexibility index (Phi) is 5.95. The number of benzene rings is 1. The number of morpholine rings is 1. The van der Waals surface area contributed by atoms with Gasteiger partial charge in [0.15, 0.2) is 5.82 Å². The van der Waals surface area contributed by atoms with Crippen LogP contribution in [0, 0.1) is 5.92 Å². The summed E-state index contributed by atoms with van der Waals surface area (Å²) in [5, 5.41) is 7.90. The molecule has 2 aromatic heterocycles. The topological polar surface area (TPSA) is 111 Å². The molecule has 6 rings (SSSR count). The molecule has 3 aliphatic rings. The van der Waals surface area contributed by atoms with E-state index in [0.29, 0.717) is 52.7 Å². The number of ether oxygens (including phenoxy) is 2. The van der Waals surface area contributed by atoms with Crippen LogP contribution in [0.1, 0.15) is 37.0 Å². The fourth-order valence-electron chi connectivity index (χ4n) is 5.26. The lowest BCUT2D eigenvalue weighted by Crippen LogP contribution is -2.46. The molecule has 1 saturated carbocycles. The number of fused-ring (bicyclic) bond motifs is 3. The van der Waals surface area contributed by atoms with Crippen LogP contribution in [0.2, 0.25) is 5.02 Å². The van der Waals surface area contributed by atoms with Gasteiger partial charge in [-0.2, -0.15) is 4.98 Å². The maximum Gasteiger partial charge on any atom is 0.346 e. The first-order chi connectivity index (χ1) is 17.8. The van der Waals surface area contributed by atoms with E-state index in [9.17, 15) is 9.59 Å². The number of rotatable bonds is 4. The molecule has 1 unspecified atom stereocenters. The zero-order valence-electron chi connectivity index (χ0n) is 21.0. The van der Waals surface area contributed by atoms with Crippen LogP contribution in [0.3, 0.4) is 0 Å². The number of cyclic esters (lactones) is 1. The predicted octanol–water partition coefficient (Wildman–Crippen LogP) is 3.70. The van der Waals surface area contributed by atoms with E-state index in [1.54, 1.807) is 13.2 Å². The number of aryl methyl sites for hydroxylation is 1. The van der Waals surface area contributed by atoms with Crippen LogP contribution in [0.15, 0.2) is 29.2 Å². The quantitative estimate of drug-likeness (QED) is 0.493. The van der Waals surface area contributed by atoms with Crippen molar-refractivity contribution in [1.82, 2.24) is 14.5 Å². The van der Waals surface area contributed by atoms with E-state index >= 15 is 0 Å². The molecule has 0 radical (unpaired) electrons. The molecule has 1 aliphatic carbocycles. The SMILES string of the molecule is C[C@@H]1CN(c2ncc(Cl)c(Nc3ccc4c(c3)c3c(c(=O)n4C)C(=O)OCC(C4CC4)N3)n2)C[C@H](C)O1. The molecule has 37 heavy (non-hydrogen) atoms. The minimum absolute atomic E-state index is 0.0192. The second-order valence-electron chi connectivity index (χ2n) is 10.2. The zero-order chi connectivity index (χ0) is 25.8. The molecule has 0 bridgehead atoms. The molecule has 3 aromatic rings. The second-order valence-corrected chi connectivity index (χ2v) is 10.6. The fourth-order valence-corrected chi connectivity index (χ4v) is 5.40. The van der Waals surface area contributed by atoms with Crippen LogP contribution in [-0.4, -0.2) is 58.5 Å². The summed E-state index contributed by atoms with van der Waals surface area (Å²) < 4.78 is 12.8. The average molecular weight is 525 g/mol. The molecule has 2 aliphatic heterocycles. The van der Waals surface area contributed by atoms with Gasteiger partial charge in [0.05, 0.1) is 35.7 Å². The summed E-state index contributed by atoms with van der Waals surface area (Å²) in [6, 6.07) is 5.60. The van der Waals surface area contributed by atoms with Gasteiger partial charge in [0.25, 0.3) is 5.56 Å². The summed E-state index contributed by atoms with van der Waals surface area (Å²) >= 11 is 6.47. The fraction of sp³-hybridized carbons (Fsp3) is 0.462. The van der Waals surface area contributed by atoms with Gasteiger partial charge in [-0.3, -0.25) is 4.79 Å². The van der Waals surface area contributed by atoms with Crippen LogP contribution in [-0.2, 0) is 16.5 Å². The van der Waals surface area contributed by atoms with E-state index in [-0.39, 0.29) is 36.0 Å². The van der Waals surface area contributed by atoms with Crippen molar-refractivity contribution < 1.29 is 14.3 Å². The van der Waals surface area contributed by atoms with Crippen LogP contribution in [0.25, 0.3) is 10.9 Å². The van der Waals surface area contributed by atoms with Crippen molar-refractivity contribution >= 4 is 51.6 Å². The number of esters is 1. The van der Waals surface area contributed by atoms with Crippen molar-refractivity contribution in [3.63, 3.8) is 0 Å². The zero-order valence-corrected chi connectivity index (χ0v) is 21.7. The highest BCUT2D eigenvalue weighted by atomic mass is 35.5. The molecule has 2 N–H and O–H groups in total. The monoisotopic (exact) mass is 524 g/mol. The van der Waals surface area contributed by atoms with Crippen molar-refractivity contribution in [1.29, 1.82) is 0 Å². The first-order valence-electron chi connectivity index (χ1n) is 12.6. The lowest BCUT2D eigenvalue weighted by atomic mass is 10.1. The first kappa shape index (κ1) is 24.0. The maximum absolute atomic E-state index is 13.1. The van der Waals surface area contributed by atoms with E-state index in [2.05, 4.69) is 20.5 Å². The summed E-state index contributed by atoms with van der Waals surface area (Å²) in [6.45, 7) is 5.68. The average Bonchev–Trinajstić information content (AvgIpc) is 3.71. The molecule has 3 atom stereocenters. The number of nitrogens with one attached hydrogen (secondary N) is 2. The third-order valence-corrected chi connectivity index (χ3v) is 7.49. The van der Waals surface area contributed by atoms with Crippen molar-refractivity contribution in [3.05, 3.63) is 45.3 Å². The van der Waals surface area contributed by atoms with Gasteiger partial charge in [0.1, 0.15) is 17.2 Å². The predicted molar refractivity (Wildman–Crippen MR) is 142 cm³/mol. The molecule has 1 aromatic carbocycles. The molecule has 194 valence electrons. The van der Waals surface area contributed by atoms with Crippen molar-refractivity contribution in [2.45, 2.75) is 44.9 Å². The molecule has 4 heterocycles. The van der Waals surface area contributed by atoms with Crippen LogP contribution >= 0.6 is 11.6 Å². The van der Waals surface area contributed by atoms with E-state index in [4.69, 9.17) is 26.1 Å². The standard InChI is InChI=1S/C26H29ClN6O4/c1-13-10-33(11-14(2)37-13)26-28-9-18(27)23(31-26)29-16-6-7-20-17(8-16)22-21(24(34)32(20)3)25(35)36-12-19(30-22)15-4-5-15/h6-9,13-15,19,30H,4-5,10-12H2,1-3H3,(H,28,29,31)/t13-,14+,19?. The highest BCUT2D eigenvalue weighted by Gasteiger charge is 2.37.